The molecule has 0 bridgehead atoms. The molecule has 0 aliphatic rings. The van der Waals surface area contributed by atoms with Gasteiger partial charge < -0.3 is 9.32 Å². The van der Waals surface area contributed by atoms with Crippen LogP contribution in [0.2, 0.25) is 0 Å². The van der Waals surface area contributed by atoms with Crippen LogP contribution in [0, 0.1) is 0 Å². The molecule has 246 valence electrons. The molecular weight excluding hydrogens is 631 g/mol. The molecule has 0 fully saturated rings. The SMILES string of the molecule is c1ccc(-c2ccc(N(c3ccc(-c4ccccc4)cc3)c3cccc(-c4oc5ccccc5c4-c4ccccc4-c4ccccc4)c3)cc2)cc1. The van der Waals surface area contributed by atoms with E-state index >= 15 is 0 Å². The van der Waals surface area contributed by atoms with E-state index in [0.29, 0.717) is 0 Å². The van der Waals surface area contributed by atoms with Crippen LogP contribution < -0.4 is 4.90 Å². The summed E-state index contributed by atoms with van der Waals surface area (Å²) in [5.41, 5.74) is 14.4. The number of para-hydroxylation sites is 1. The summed E-state index contributed by atoms with van der Waals surface area (Å²) in [7, 11) is 0. The second-order valence-electron chi connectivity index (χ2n) is 12.9. The zero-order valence-electron chi connectivity index (χ0n) is 28.6. The van der Waals surface area contributed by atoms with Gasteiger partial charge in [-0.15, -0.1) is 0 Å². The maximum atomic E-state index is 6.79. The fourth-order valence-electron chi connectivity index (χ4n) is 7.19. The first-order chi connectivity index (χ1) is 25.8. The maximum absolute atomic E-state index is 6.79. The lowest BCUT2D eigenvalue weighted by molar-refractivity contribution is 0.632. The van der Waals surface area contributed by atoms with Crippen LogP contribution in [0.4, 0.5) is 17.1 Å². The molecule has 0 N–H and O–H groups in total. The fourth-order valence-corrected chi connectivity index (χ4v) is 7.19. The van der Waals surface area contributed by atoms with Gasteiger partial charge in [0.15, 0.2) is 0 Å². The van der Waals surface area contributed by atoms with E-state index in [4.69, 9.17) is 4.42 Å². The molecule has 0 amide bonds. The van der Waals surface area contributed by atoms with E-state index in [-0.39, 0.29) is 0 Å². The first kappa shape index (κ1) is 31.1. The third kappa shape index (κ3) is 5.97. The van der Waals surface area contributed by atoms with Crippen LogP contribution in [0.5, 0.6) is 0 Å². The summed E-state index contributed by atoms with van der Waals surface area (Å²) in [6.07, 6.45) is 0. The predicted octanol–water partition coefficient (Wildman–Crippen LogP) is 14.2. The smallest absolute Gasteiger partial charge is 0.143 e. The highest BCUT2D eigenvalue weighted by Gasteiger charge is 2.22. The summed E-state index contributed by atoms with van der Waals surface area (Å²) in [5.74, 6) is 0.852. The summed E-state index contributed by atoms with van der Waals surface area (Å²) in [4.78, 5) is 2.33. The third-order valence-electron chi connectivity index (χ3n) is 9.71. The number of rotatable bonds is 8. The molecule has 0 unspecified atom stereocenters. The van der Waals surface area contributed by atoms with Crippen molar-refractivity contribution in [2.75, 3.05) is 4.90 Å². The van der Waals surface area contributed by atoms with E-state index in [1.807, 2.05) is 6.07 Å². The minimum absolute atomic E-state index is 0.852. The lowest BCUT2D eigenvalue weighted by atomic mass is 9.91. The van der Waals surface area contributed by atoms with Gasteiger partial charge in [0.2, 0.25) is 0 Å². The molecule has 1 aromatic heterocycles. The van der Waals surface area contributed by atoms with Crippen LogP contribution in [0.3, 0.4) is 0 Å². The molecule has 9 aromatic rings. The highest BCUT2D eigenvalue weighted by Crippen LogP contribution is 2.46. The fraction of sp³-hybridized carbons (Fsp3) is 0. The minimum atomic E-state index is 0.852. The molecule has 0 spiro atoms. The van der Waals surface area contributed by atoms with Crippen molar-refractivity contribution >= 4 is 28.0 Å². The van der Waals surface area contributed by atoms with E-state index in [1.165, 1.54) is 33.4 Å². The van der Waals surface area contributed by atoms with Gasteiger partial charge in [0.1, 0.15) is 11.3 Å². The van der Waals surface area contributed by atoms with Gasteiger partial charge in [-0.05, 0) is 81.4 Å². The summed E-state index contributed by atoms with van der Waals surface area (Å²) >= 11 is 0. The Morgan fingerprint density at radius 1 is 0.308 bits per heavy atom. The highest BCUT2D eigenvalue weighted by molar-refractivity contribution is 6.05. The first-order valence-electron chi connectivity index (χ1n) is 17.7. The van der Waals surface area contributed by atoms with E-state index < -0.39 is 0 Å². The lowest BCUT2D eigenvalue weighted by Gasteiger charge is -2.26. The largest absolute Gasteiger partial charge is 0.455 e. The minimum Gasteiger partial charge on any atom is -0.455 e. The van der Waals surface area contributed by atoms with Gasteiger partial charge in [0.05, 0.1) is 0 Å². The monoisotopic (exact) mass is 665 g/mol. The van der Waals surface area contributed by atoms with Crippen LogP contribution in [-0.2, 0) is 0 Å². The molecule has 2 heteroatoms. The lowest BCUT2D eigenvalue weighted by Crippen LogP contribution is -2.10. The number of hydrogen-bond donors (Lipinski definition) is 0. The summed E-state index contributed by atoms with van der Waals surface area (Å²) in [6.45, 7) is 0. The van der Waals surface area contributed by atoms with Crippen molar-refractivity contribution in [1.82, 2.24) is 0 Å². The Kier molecular flexibility index (Phi) is 8.24. The molecule has 2 nitrogen and oxygen atoms in total. The molecule has 0 saturated carbocycles. The second kappa shape index (κ2) is 13.8. The van der Waals surface area contributed by atoms with Gasteiger partial charge in [-0.1, -0.05) is 170 Å². The molecule has 9 rings (SSSR count). The Bertz CT molecular complexity index is 2510. The van der Waals surface area contributed by atoms with Crippen molar-refractivity contribution in [3.63, 3.8) is 0 Å². The summed E-state index contributed by atoms with van der Waals surface area (Å²) < 4.78 is 6.79. The average molecular weight is 666 g/mol. The topological polar surface area (TPSA) is 16.4 Å². The number of furan rings is 1. The molecule has 0 aliphatic heterocycles. The summed E-state index contributed by atoms with van der Waals surface area (Å²) in [5, 5.41) is 1.09. The maximum Gasteiger partial charge on any atom is 0.143 e. The van der Waals surface area contributed by atoms with E-state index in [2.05, 4.69) is 211 Å². The van der Waals surface area contributed by atoms with Crippen molar-refractivity contribution in [3.05, 3.63) is 212 Å². The summed E-state index contributed by atoms with van der Waals surface area (Å²) in [6, 6.07) is 75.0. The van der Waals surface area contributed by atoms with Crippen LogP contribution in [0.25, 0.3) is 66.8 Å². The van der Waals surface area contributed by atoms with Crippen molar-refractivity contribution in [3.8, 4) is 55.8 Å². The number of anilines is 3. The van der Waals surface area contributed by atoms with Crippen LogP contribution in [0.1, 0.15) is 0 Å². The number of fused-ring (bicyclic) bond motifs is 1. The Labute approximate surface area is 304 Å². The molecule has 0 radical (unpaired) electrons. The van der Waals surface area contributed by atoms with Crippen LogP contribution >= 0.6 is 0 Å². The number of nitrogens with zero attached hydrogens (tertiary/aromatic N) is 1. The Hall–Kier alpha value is -6.90. The van der Waals surface area contributed by atoms with E-state index in [0.717, 1.165) is 50.5 Å². The van der Waals surface area contributed by atoms with Crippen LogP contribution in [0.15, 0.2) is 217 Å². The van der Waals surface area contributed by atoms with Gasteiger partial charge in [-0.2, -0.15) is 0 Å². The first-order valence-corrected chi connectivity index (χ1v) is 17.7. The van der Waals surface area contributed by atoms with Gasteiger partial charge in [0.25, 0.3) is 0 Å². The second-order valence-corrected chi connectivity index (χ2v) is 12.9. The average Bonchev–Trinajstić information content (AvgIpc) is 3.62. The molecule has 8 aromatic carbocycles. The van der Waals surface area contributed by atoms with E-state index in [1.54, 1.807) is 0 Å². The van der Waals surface area contributed by atoms with Gasteiger partial charge in [-0.3, -0.25) is 0 Å². The van der Waals surface area contributed by atoms with Crippen molar-refractivity contribution in [2.45, 2.75) is 0 Å². The normalized spacial score (nSPS) is 11.1. The van der Waals surface area contributed by atoms with Crippen LogP contribution in [-0.4, -0.2) is 0 Å². The zero-order valence-corrected chi connectivity index (χ0v) is 28.6. The van der Waals surface area contributed by atoms with Crippen molar-refractivity contribution in [1.29, 1.82) is 0 Å². The molecule has 1 heterocycles. The van der Waals surface area contributed by atoms with Gasteiger partial charge in [-0.25, -0.2) is 0 Å². The Morgan fingerprint density at radius 3 is 1.37 bits per heavy atom. The third-order valence-corrected chi connectivity index (χ3v) is 9.71. The standard InChI is InChI=1S/C50H35NO/c1-4-15-36(16-5-1)38-27-31-42(32-28-38)51(43-33-29-39(30-34-43)37-17-6-2-7-18-37)44-22-14-21-41(35-44)50-49(47-25-12-13-26-48(47)52-50)46-24-11-10-23-45(46)40-19-8-3-9-20-40/h1-35H. The van der Waals surface area contributed by atoms with E-state index in [9.17, 15) is 0 Å². The number of hydrogen-bond acceptors (Lipinski definition) is 2. The Balaban J connectivity index is 1.19. The molecule has 0 aliphatic carbocycles. The van der Waals surface area contributed by atoms with Gasteiger partial charge >= 0.3 is 0 Å². The quantitative estimate of drug-likeness (QED) is 0.161. The molecule has 0 atom stereocenters. The van der Waals surface area contributed by atoms with Gasteiger partial charge in [0, 0.05) is 33.6 Å². The number of benzene rings is 8. The Morgan fingerprint density at radius 2 is 0.769 bits per heavy atom. The van der Waals surface area contributed by atoms with Crippen molar-refractivity contribution in [2.24, 2.45) is 0 Å². The predicted molar refractivity (Wildman–Crippen MR) is 218 cm³/mol. The zero-order chi connectivity index (χ0) is 34.7. The molecule has 0 saturated heterocycles. The highest BCUT2D eigenvalue weighted by atomic mass is 16.3. The molecular formula is C50H35NO. The molecule has 52 heavy (non-hydrogen) atoms. The van der Waals surface area contributed by atoms with Crippen molar-refractivity contribution < 1.29 is 4.42 Å².